The van der Waals surface area contributed by atoms with Gasteiger partial charge >= 0.3 is 0 Å². The van der Waals surface area contributed by atoms with Crippen molar-refractivity contribution in [3.05, 3.63) is 125 Å². The molecule has 5 aromatic rings. The van der Waals surface area contributed by atoms with Gasteiger partial charge in [0.15, 0.2) is 0 Å². The Morgan fingerprint density at radius 3 is 2.03 bits per heavy atom. The zero-order chi connectivity index (χ0) is 22.2. The van der Waals surface area contributed by atoms with E-state index in [2.05, 4.69) is 60.7 Å². The highest BCUT2D eigenvalue weighted by Gasteiger charge is 2.16. The van der Waals surface area contributed by atoms with E-state index in [0.717, 1.165) is 53.4 Å². The smallest absolute Gasteiger partial charge is 0.123 e. The summed E-state index contributed by atoms with van der Waals surface area (Å²) in [5.74, 6) is -0.225. The average molecular weight is 430 g/mol. The van der Waals surface area contributed by atoms with E-state index in [4.69, 9.17) is 4.98 Å². The normalized spacial score (nSPS) is 13.1. The number of aromatic nitrogens is 1. The molecule has 0 unspecified atom stereocenters. The largest absolute Gasteiger partial charge is 0.247 e. The molecular formula is C31H24FN. The molecule has 0 radical (unpaired) electrons. The van der Waals surface area contributed by atoms with Gasteiger partial charge in [-0.3, -0.25) is 0 Å². The predicted octanol–water partition coefficient (Wildman–Crippen LogP) is 7.59. The van der Waals surface area contributed by atoms with Crippen molar-refractivity contribution in [2.75, 3.05) is 0 Å². The van der Waals surface area contributed by atoms with Crippen molar-refractivity contribution in [3.8, 4) is 22.4 Å². The number of nitrogens with zero attached hydrogens (tertiary/aromatic N) is 1. The van der Waals surface area contributed by atoms with Crippen LogP contribution < -0.4 is 0 Å². The molecule has 9 rings (SSSR count). The molecule has 160 valence electrons. The second kappa shape index (κ2) is 8.29. The third-order valence-electron chi connectivity index (χ3n) is 6.72. The first-order valence-electron chi connectivity index (χ1n) is 11.6. The van der Waals surface area contributed by atoms with Crippen LogP contribution in [0, 0.1) is 5.82 Å². The number of hydrogen-bond donors (Lipinski definition) is 0. The summed E-state index contributed by atoms with van der Waals surface area (Å²) in [5, 5.41) is 1.09. The number of halogens is 1. The molecule has 1 heterocycles. The second-order valence-corrected chi connectivity index (χ2v) is 8.89. The Bertz CT molecular complexity index is 1450. The van der Waals surface area contributed by atoms with E-state index < -0.39 is 0 Å². The van der Waals surface area contributed by atoms with E-state index >= 15 is 0 Å². The standard InChI is InChI=1S/C31H24FN/c32-27-17-15-25(16-18-27)29-20-26-3-1-2-4-30(26)33-31(29)28-19-23-10-9-21-5-7-22(8-6-21)11-13-24(28)14-12-23/h1-8,12,14-20H,9-11,13H2. The molecule has 0 atom stereocenters. The third-order valence-corrected chi connectivity index (χ3v) is 6.72. The van der Waals surface area contributed by atoms with Crippen molar-refractivity contribution < 1.29 is 4.39 Å². The van der Waals surface area contributed by atoms with Crippen LogP contribution in [0.1, 0.15) is 22.3 Å². The molecule has 4 aliphatic rings. The van der Waals surface area contributed by atoms with E-state index in [-0.39, 0.29) is 5.82 Å². The minimum atomic E-state index is -0.225. The minimum absolute atomic E-state index is 0.225. The van der Waals surface area contributed by atoms with Crippen LogP contribution in [0.25, 0.3) is 33.3 Å². The van der Waals surface area contributed by atoms with Crippen LogP contribution in [-0.2, 0) is 25.7 Å². The second-order valence-electron chi connectivity index (χ2n) is 8.89. The van der Waals surface area contributed by atoms with E-state index in [1.54, 1.807) is 0 Å². The van der Waals surface area contributed by atoms with Crippen molar-refractivity contribution in [1.29, 1.82) is 0 Å². The Balaban J connectivity index is 1.56. The summed E-state index contributed by atoms with van der Waals surface area (Å²) in [4.78, 5) is 5.16. The lowest BCUT2D eigenvalue weighted by molar-refractivity contribution is 0.628. The SMILES string of the molecule is Fc1ccc(-c2cc3ccccc3nc2-c2cc3ccc2CCc2ccc(cc2)CC3)cc1. The third kappa shape index (κ3) is 3.93. The van der Waals surface area contributed by atoms with E-state index in [9.17, 15) is 4.39 Å². The van der Waals surface area contributed by atoms with Gasteiger partial charge in [0.05, 0.1) is 11.2 Å². The number of benzene rings is 4. The molecule has 33 heavy (non-hydrogen) atoms. The van der Waals surface area contributed by atoms with Crippen molar-refractivity contribution in [1.82, 2.24) is 4.98 Å². The van der Waals surface area contributed by atoms with Crippen LogP contribution in [-0.4, -0.2) is 4.98 Å². The Morgan fingerprint density at radius 1 is 0.576 bits per heavy atom. The summed E-state index contributed by atoms with van der Waals surface area (Å²) < 4.78 is 13.7. The van der Waals surface area contributed by atoms with Gasteiger partial charge in [0, 0.05) is 16.5 Å². The van der Waals surface area contributed by atoms with Gasteiger partial charge in [0.25, 0.3) is 0 Å². The minimum Gasteiger partial charge on any atom is -0.247 e. The molecule has 4 aliphatic carbocycles. The molecule has 0 amide bonds. The van der Waals surface area contributed by atoms with Gasteiger partial charge in [-0.1, -0.05) is 66.7 Å². The average Bonchev–Trinajstić information content (AvgIpc) is 2.85. The fraction of sp³-hybridized carbons (Fsp3) is 0.129. The number of rotatable bonds is 2. The van der Waals surface area contributed by atoms with Crippen LogP contribution in [0.3, 0.4) is 0 Å². The quantitative estimate of drug-likeness (QED) is 0.282. The van der Waals surface area contributed by atoms with E-state index in [1.165, 1.54) is 39.9 Å². The van der Waals surface area contributed by atoms with Crippen LogP contribution in [0.5, 0.6) is 0 Å². The molecule has 0 aliphatic heterocycles. The van der Waals surface area contributed by atoms with Crippen molar-refractivity contribution in [3.63, 3.8) is 0 Å². The monoisotopic (exact) mass is 429 g/mol. The molecule has 0 N–H and O–H groups in total. The lowest BCUT2D eigenvalue weighted by atomic mass is 9.89. The molecule has 0 spiro atoms. The van der Waals surface area contributed by atoms with Crippen molar-refractivity contribution in [2.24, 2.45) is 0 Å². The molecule has 1 nitrogen and oxygen atoms in total. The Kier molecular flexibility index (Phi) is 4.99. The van der Waals surface area contributed by atoms with Gasteiger partial charge in [-0.05, 0) is 83.8 Å². The number of fused-ring (bicyclic) bond motifs is 1. The Morgan fingerprint density at radius 2 is 1.24 bits per heavy atom. The topological polar surface area (TPSA) is 12.9 Å². The number of pyridine rings is 1. The van der Waals surface area contributed by atoms with E-state index in [1.807, 2.05) is 24.3 Å². The summed E-state index contributed by atoms with van der Waals surface area (Å²) in [6, 6.07) is 33.1. The summed E-state index contributed by atoms with van der Waals surface area (Å²) in [6.45, 7) is 0. The highest BCUT2D eigenvalue weighted by Crippen LogP contribution is 2.36. The first-order valence-corrected chi connectivity index (χ1v) is 11.6. The summed E-state index contributed by atoms with van der Waals surface area (Å²) in [6.07, 6.45) is 3.96. The molecule has 2 heteroatoms. The fourth-order valence-corrected chi connectivity index (χ4v) is 4.83. The predicted molar refractivity (Wildman–Crippen MR) is 134 cm³/mol. The molecule has 1 aromatic heterocycles. The zero-order valence-corrected chi connectivity index (χ0v) is 18.4. The number of aryl methyl sites for hydroxylation is 4. The Hall–Kier alpha value is -3.78. The van der Waals surface area contributed by atoms with Gasteiger partial charge in [-0.15, -0.1) is 0 Å². The summed E-state index contributed by atoms with van der Waals surface area (Å²) in [5.41, 5.74) is 10.5. The maximum atomic E-state index is 13.7. The van der Waals surface area contributed by atoms with Crippen LogP contribution in [0.2, 0.25) is 0 Å². The summed E-state index contributed by atoms with van der Waals surface area (Å²) >= 11 is 0. The first kappa shape index (κ1) is 19.9. The van der Waals surface area contributed by atoms with Gasteiger partial charge in [0.1, 0.15) is 5.82 Å². The lowest BCUT2D eigenvalue weighted by Crippen LogP contribution is -2.02. The molecule has 0 fully saturated rings. The van der Waals surface area contributed by atoms with E-state index in [0.29, 0.717) is 0 Å². The molecule has 4 bridgehead atoms. The van der Waals surface area contributed by atoms with Crippen LogP contribution in [0.15, 0.2) is 97.1 Å². The molecule has 4 aromatic carbocycles. The number of hydrogen-bond acceptors (Lipinski definition) is 1. The molecular weight excluding hydrogens is 405 g/mol. The van der Waals surface area contributed by atoms with Gasteiger partial charge in [-0.25, -0.2) is 9.37 Å². The maximum absolute atomic E-state index is 13.7. The number of para-hydroxylation sites is 1. The van der Waals surface area contributed by atoms with Crippen LogP contribution in [0.4, 0.5) is 4.39 Å². The van der Waals surface area contributed by atoms with Gasteiger partial charge < -0.3 is 0 Å². The fourth-order valence-electron chi connectivity index (χ4n) is 4.83. The van der Waals surface area contributed by atoms with Gasteiger partial charge in [0.2, 0.25) is 0 Å². The Labute approximate surface area is 193 Å². The van der Waals surface area contributed by atoms with Crippen molar-refractivity contribution >= 4 is 10.9 Å². The van der Waals surface area contributed by atoms with Crippen LogP contribution >= 0.6 is 0 Å². The highest BCUT2D eigenvalue weighted by atomic mass is 19.1. The lowest BCUT2D eigenvalue weighted by Gasteiger charge is -2.17. The van der Waals surface area contributed by atoms with Crippen molar-refractivity contribution in [2.45, 2.75) is 25.7 Å². The zero-order valence-electron chi connectivity index (χ0n) is 18.4. The van der Waals surface area contributed by atoms with Gasteiger partial charge in [-0.2, -0.15) is 0 Å². The summed E-state index contributed by atoms with van der Waals surface area (Å²) in [7, 11) is 0. The molecule has 0 saturated carbocycles. The maximum Gasteiger partial charge on any atom is 0.123 e. The first-order chi connectivity index (χ1) is 16.2. The highest BCUT2D eigenvalue weighted by molar-refractivity contribution is 5.92. The molecule has 0 saturated heterocycles.